The molecule has 2 amide bonds. The molecule has 4 rings (SSSR count). The molecule has 0 spiro atoms. The Balaban J connectivity index is 1.62. The average Bonchev–Trinajstić information content (AvgIpc) is 3.29. The number of ether oxygens (including phenoxy) is 1. The lowest BCUT2D eigenvalue weighted by atomic mass is 9.98. The van der Waals surface area contributed by atoms with Crippen LogP contribution in [0, 0.1) is 6.92 Å². The van der Waals surface area contributed by atoms with Crippen LogP contribution in [-0.4, -0.2) is 62.8 Å². The van der Waals surface area contributed by atoms with Crippen molar-refractivity contribution in [3.05, 3.63) is 47.8 Å². The molecule has 1 aliphatic heterocycles. The fraction of sp³-hybridized carbons (Fsp3) is 0.423. The summed E-state index contributed by atoms with van der Waals surface area (Å²) in [6.45, 7) is 8.50. The third-order valence-electron chi connectivity index (χ3n) is 5.88. The summed E-state index contributed by atoms with van der Waals surface area (Å²) in [4.78, 5) is 41.3. The first-order valence-electron chi connectivity index (χ1n) is 11.7. The van der Waals surface area contributed by atoms with Crippen LogP contribution in [0.4, 0.5) is 4.79 Å². The van der Waals surface area contributed by atoms with Gasteiger partial charge < -0.3 is 15.0 Å². The molecule has 1 atom stereocenters. The van der Waals surface area contributed by atoms with Gasteiger partial charge in [-0.2, -0.15) is 0 Å². The number of pyridine rings is 1. The smallest absolute Gasteiger partial charge is 0.410 e. The average molecular weight is 494 g/mol. The van der Waals surface area contributed by atoms with Gasteiger partial charge in [-0.1, -0.05) is 36.0 Å². The summed E-state index contributed by atoms with van der Waals surface area (Å²) in [5.41, 5.74) is 2.91. The van der Waals surface area contributed by atoms with E-state index < -0.39 is 5.60 Å². The molecular weight excluding hydrogens is 462 g/mol. The third-order valence-corrected chi connectivity index (χ3v) is 6.44. The molecule has 0 radical (unpaired) electrons. The lowest BCUT2D eigenvalue weighted by Gasteiger charge is -2.28. The number of nitrogens with one attached hydrogen (secondary N) is 1. The van der Waals surface area contributed by atoms with E-state index in [9.17, 15) is 9.59 Å². The molecule has 1 aliphatic rings. The van der Waals surface area contributed by atoms with Crippen LogP contribution in [0.1, 0.15) is 49.7 Å². The predicted molar refractivity (Wildman–Crippen MR) is 138 cm³/mol. The largest absolute Gasteiger partial charge is 0.444 e. The van der Waals surface area contributed by atoms with Gasteiger partial charge in [-0.05, 0) is 64.0 Å². The summed E-state index contributed by atoms with van der Waals surface area (Å²) >= 11 is 1.42. The van der Waals surface area contributed by atoms with Crippen LogP contribution < -0.4 is 5.32 Å². The Bertz CT molecular complexity index is 1260. The van der Waals surface area contributed by atoms with Gasteiger partial charge in [-0.15, -0.1) is 0 Å². The molecule has 35 heavy (non-hydrogen) atoms. The van der Waals surface area contributed by atoms with Crippen LogP contribution in [-0.2, 0) is 4.74 Å². The van der Waals surface area contributed by atoms with Crippen molar-refractivity contribution in [2.24, 2.45) is 0 Å². The van der Waals surface area contributed by atoms with E-state index in [-0.39, 0.29) is 18.0 Å². The standard InChI is InChI=1S/C26H31N5O3S/c1-16-9-6-7-11-19(16)20-13-17-14-28-24(35-5)30-22(17)29-21(20)23(32)27-15-18-10-8-12-31(18)25(33)34-26(2,3)4/h6-7,9,11,13-14,18H,8,10,12,15H2,1-5H3,(H,27,32). The van der Waals surface area contributed by atoms with Gasteiger partial charge in [0.2, 0.25) is 0 Å². The number of aromatic nitrogens is 3. The Kier molecular flexibility index (Phi) is 7.25. The Labute approximate surface area is 209 Å². The van der Waals surface area contributed by atoms with Crippen LogP contribution >= 0.6 is 11.8 Å². The van der Waals surface area contributed by atoms with Gasteiger partial charge in [0.05, 0.1) is 6.04 Å². The van der Waals surface area contributed by atoms with E-state index in [0.29, 0.717) is 29.6 Å². The predicted octanol–water partition coefficient (Wildman–Crippen LogP) is 4.85. The molecule has 1 fully saturated rings. The zero-order chi connectivity index (χ0) is 25.2. The summed E-state index contributed by atoms with van der Waals surface area (Å²) in [5.74, 6) is -0.300. The summed E-state index contributed by atoms with van der Waals surface area (Å²) in [6.07, 6.45) is 4.97. The fourth-order valence-corrected chi connectivity index (χ4v) is 4.54. The monoisotopic (exact) mass is 493 g/mol. The maximum Gasteiger partial charge on any atom is 0.410 e. The van der Waals surface area contributed by atoms with Crippen molar-refractivity contribution in [1.29, 1.82) is 0 Å². The van der Waals surface area contributed by atoms with E-state index in [1.54, 1.807) is 11.1 Å². The Morgan fingerprint density at radius 3 is 2.69 bits per heavy atom. The lowest BCUT2D eigenvalue weighted by Crippen LogP contribution is -2.45. The molecule has 1 N–H and O–H groups in total. The van der Waals surface area contributed by atoms with Gasteiger partial charge in [-0.25, -0.2) is 19.7 Å². The molecule has 2 aromatic heterocycles. The number of carbonyl (C=O) groups excluding carboxylic acids is 2. The normalized spacial score (nSPS) is 15.9. The van der Waals surface area contributed by atoms with Gasteiger partial charge in [-0.3, -0.25) is 4.79 Å². The zero-order valence-electron chi connectivity index (χ0n) is 20.8. The second-order valence-corrected chi connectivity index (χ2v) is 10.4. The second kappa shape index (κ2) is 10.2. The number of thioether (sulfide) groups is 1. The van der Waals surface area contributed by atoms with Crippen molar-refractivity contribution in [1.82, 2.24) is 25.2 Å². The SMILES string of the molecule is CSc1ncc2cc(-c3ccccc3C)c(C(=O)NCC3CCCN3C(=O)OC(C)(C)C)nc2n1. The summed E-state index contributed by atoms with van der Waals surface area (Å²) in [5, 5.41) is 4.38. The molecule has 1 unspecified atom stereocenters. The maximum atomic E-state index is 13.5. The van der Waals surface area contributed by atoms with Crippen molar-refractivity contribution in [3.63, 3.8) is 0 Å². The van der Waals surface area contributed by atoms with Crippen LogP contribution in [0.3, 0.4) is 0 Å². The van der Waals surface area contributed by atoms with Gasteiger partial charge in [0.25, 0.3) is 5.91 Å². The molecule has 184 valence electrons. The first-order valence-corrected chi connectivity index (χ1v) is 12.9. The van der Waals surface area contributed by atoms with Gasteiger partial charge in [0.15, 0.2) is 10.8 Å². The van der Waals surface area contributed by atoms with Gasteiger partial charge >= 0.3 is 6.09 Å². The highest BCUT2D eigenvalue weighted by Crippen LogP contribution is 2.29. The van der Waals surface area contributed by atoms with E-state index in [4.69, 9.17) is 4.74 Å². The number of rotatable bonds is 5. The fourth-order valence-electron chi connectivity index (χ4n) is 4.20. The number of hydrogen-bond donors (Lipinski definition) is 1. The van der Waals surface area contributed by atoms with Crippen molar-refractivity contribution in [2.45, 2.75) is 57.3 Å². The number of fused-ring (bicyclic) bond motifs is 1. The zero-order valence-corrected chi connectivity index (χ0v) is 21.6. The van der Waals surface area contributed by atoms with E-state index in [1.807, 2.05) is 64.3 Å². The molecule has 1 aromatic carbocycles. The van der Waals surface area contributed by atoms with E-state index in [1.165, 1.54) is 11.8 Å². The first kappa shape index (κ1) is 24.9. The molecule has 3 aromatic rings. The number of aryl methyl sites for hydroxylation is 1. The number of likely N-dealkylation sites (tertiary alicyclic amines) is 1. The topological polar surface area (TPSA) is 97.3 Å². The third kappa shape index (κ3) is 5.73. The minimum Gasteiger partial charge on any atom is -0.444 e. The summed E-state index contributed by atoms with van der Waals surface area (Å²) in [7, 11) is 0. The number of amides is 2. The van der Waals surface area contributed by atoms with Crippen molar-refractivity contribution < 1.29 is 14.3 Å². The lowest BCUT2D eigenvalue weighted by molar-refractivity contribution is 0.0225. The minimum atomic E-state index is -0.567. The Hall–Kier alpha value is -3.20. The Morgan fingerprint density at radius 1 is 1.20 bits per heavy atom. The van der Waals surface area contributed by atoms with Crippen LogP contribution in [0.25, 0.3) is 22.2 Å². The molecule has 8 nitrogen and oxygen atoms in total. The first-order chi connectivity index (χ1) is 16.7. The van der Waals surface area contributed by atoms with E-state index >= 15 is 0 Å². The molecule has 1 saturated heterocycles. The van der Waals surface area contributed by atoms with Crippen LogP contribution in [0.5, 0.6) is 0 Å². The number of carbonyl (C=O) groups is 2. The second-order valence-electron chi connectivity index (χ2n) is 9.65. The summed E-state index contributed by atoms with van der Waals surface area (Å²) < 4.78 is 5.55. The number of hydrogen-bond acceptors (Lipinski definition) is 7. The molecule has 0 aliphatic carbocycles. The van der Waals surface area contributed by atoms with E-state index in [2.05, 4.69) is 20.3 Å². The molecule has 0 bridgehead atoms. The molecular formula is C26H31N5O3S. The van der Waals surface area contributed by atoms with Crippen molar-refractivity contribution >= 4 is 34.8 Å². The highest BCUT2D eigenvalue weighted by molar-refractivity contribution is 7.98. The number of benzene rings is 1. The van der Waals surface area contributed by atoms with Crippen LogP contribution in [0.2, 0.25) is 0 Å². The quantitative estimate of drug-likeness (QED) is 0.401. The minimum absolute atomic E-state index is 0.124. The van der Waals surface area contributed by atoms with Crippen molar-refractivity contribution in [3.8, 4) is 11.1 Å². The highest BCUT2D eigenvalue weighted by atomic mass is 32.2. The van der Waals surface area contributed by atoms with E-state index in [0.717, 1.165) is 34.9 Å². The number of nitrogens with zero attached hydrogens (tertiary/aromatic N) is 4. The van der Waals surface area contributed by atoms with Gasteiger partial charge in [0.1, 0.15) is 11.3 Å². The van der Waals surface area contributed by atoms with Crippen molar-refractivity contribution in [2.75, 3.05) is 19.3 Å². The van der Waals surface area contributed by atoms with Crippen LogP contribution in [0.15, 0.2) is 41.7 Å². The molecule has 3 heterocycles. The Morgan fingerprint density at radius 2 is 1.97 bits per heavy atom. The molecule has 0 saturated carbocycles. The maximum absolute atomic E-state index is 13.5. The molecule has 9 heteroatoms. The summed E-state index contributed by atoms with van der Waals surface area (Å²) in [6, 6.07) is 9.69. The van der Waals surface area contributed by atoms with Gasteiger partial charge in [0, 0.05) is 30.2 Å². The highest BCUT2D eigenvalue weighted by Gasteiger charge is 2.32.